The summed E-state index contributed by atoms with van der Waals surface area (Å²) in [5, 5.41) is 3.20. The largest absolute Gasteiger partial charge is 0.349 e. The Morgan fingerprint density at radius 3 is 2.44 bits per heavy atom. The number of likely N-dealkylation sites (tertiary alicyclic amines) is 1. The fourth-order valence-corrected chi connectivity index (χ4v) is 3.96. The van der Waals surface area contributed by atoms with E-state index in [0.29, 0.717) is 31.0 Å². The highest BCUT2D eigenvalue weighted by Gasteiger charge is 2.29. The highest BCUT2D eigenvalue weighted by molar-refractivity contribution is 6.31. The van der Waals surface area contributed by atoms with Crippen molar-refractivity contribution in [3.05, 3.63) is 34.6 Å². The maximum Gasteiger partial charge on any atom is 0.254 e. The van der Waals surface area contributed by atoms with Crippen LogP contribution in [0.2, 0.25) is 5.02 Å². The molecule has 0 radical (unpaired) electrons. The van der Waals surface area contributed by atoms with Crippen LogP contribution in [0.15, 0.2) is 18.2 Å². The van der Waals surface area contributed by atoms with E-state index >= 15 is 0 Å². The van der Waals surface area contributed by atoms with Gasteiger partial charge in [-0.25, -0.2) is 4.39 Å². The van der Waals surface area contributed by atoms with Crippen molar-refractivity contribution in [3.63, 3.8) is 0 Å². The molecule has 0 bridgehead atoms. The lowest BCUT2D eigenvalue weighted by atomic mass is 9.87. The third-order valence-corrected chi connectivity index (χ3v) is 5.50. The van der Waals surface area contributed by atoms with Crippen molar-refractivity contribution >= 4 is 23.4 Å². The molecule has 1 aliphatic carbocycles. The van der Waals surface area contributed by atoms with Gasteiger partial charge < -0.3 is 10.2 Å². The van der Waals surface area contributed by atoms with E-state index in [1.165, 1.54) is 24.6 Å². The van der Waals surface area contributed by atoms with Crippen LogP contribution < -0.4 is 5.32 Å². The topological polar surface area (TPSA) is 49.4 Å². The number of carbonyl (C=O) groups is 2. The number of amides is 2. The molecule has 136 valence electrons. The Morgan fingerprint density at radius 2 is 1.76 bits per heavy atom. The van der Waals surface area contributed by atoms with Gasteiger partial charge in [0.2, 0.25) is 5.91 Å². The number of nitrogens with one attached hydrogen (secondary N) is 1. The van der Waals surface area contributed by atoms with Gasteiger partial charge in [0.1, 0.15) is 5.82 Å². The van der Waals surface area contributed by atoms with Crippen LogP contribution in [0.3, 0.4) is 0 Å². The quantitative estimate of drug-likeness (QED) is 0.885. The molecular weight excluding hydrogens is 343 g/mol. The third-order valence-electron chi connectivity index (χ3n) is 5.27. The molecule has 6 heteroatoms. The van der Waals surface area contributed by atoms with Crippen LogP contribution in [0.5, 0.6) is 0 Å². The lowest BCUT2D eigenvalue weighted by Crippen LogP contribution is -2.48. The van der Waals surface area contributed by atoms with Gasteiger partial charge in [-0.05, 0) is 43.9 Å². The van der Waals surface area contributed by atoms with Crippen molar-refractivity contribution in [2.75, 3.05) is 13.1 Å². The number of hydrogen-bond donors (Lipinski definition) is 1. The number of carbonyl (C=O) groups excluding carboxylic acids is 2. The molecule has 3 rings (SSSR count). The number of benzene rings is 1. The van der Waals surface area contributed by atoms with Gasteiger partial charge in [-0.2, -0.15) is 0 Å². The molecule has 1 saturated carbocycles. The molecule has 1 aromatic rings. The molecule has 0 spiro atoms. The smallest absolute Gasteiger partial charge is 0.254 e. The van der Waals surface area contributed by atoms with Gasteiger partial charge in [-0.15, -0.1) is 0 Å². The molecule has 1 saturated heterocycles. The van der Waals surface area contributed by atoms with Gasteiger partial charge in [-0.1, -0.05) is 30.9 Å². The molecular formula is C19H24ClFN2O2. The second-order valence-electron chi connectivity index (χ2n) is 7.03. The van der Waals surface area contributed by atoms with Crippen LogP contribution in [-0.4, -0.2) is 35.8 Å². The first kappa shape index (κ1) is 18.2. The third kappa shape index (κ3) is 4.51. The van der Waals surface area contributed by atoms with Crippen LogP contribution in [0.25, 0.3) is 0 Å². The van der Waals surface area contributed by atoms with Crippen LogP contribution in [0.1, 0.15) is 55.3 Å². The van der Waals surface area contributed by atoms with Gasteiger partial charge in [0.15, 0.2) is 0 Å². The average Bonchev–Trinajstić information content (AvgIpc) is 2.64. The molecule has 1 aromatic carbocycles. The standard InChI is InChI=1S/C19H24ClFN2O2/c20-14-6-7-17(21)16(12-14)18(24)22-15-8-10-23(11-9-15)19(25)13-4-2-1-3-5-13/h6-7,12-13,15H,1-5,8-11H2,(H,22,24). The number of nitrogens with zero attached hydrogens (tertiary/aromatic N) is 1. The Balaban J connectivity index is 1.51. The van der Waals surface area contributed by atoms with E-state index in [-0.39, 0.29) is 23.4 Å². The van der Waals surface area contributed by atoms with E-state index in [9.17, 15) is 14.0 Å². The predicted octanol–water partition coefficient (Wildman–Crippen LogP) is 3.78. The van der Waals surface area contributed by atoms with Crippen LogP contribution in [-0.2, 0) is 4.79 Å². The van der Waals surface area contributed by atoms with Crippen molar-refractivity contribution in [2.24, 2.45) is 5.92 Å². The Kier molecular flexibility index (Phi) is 5.94. The van der Waals surface area contributed by atoms with Crippen molar-refractivity contribution in [1.29, 1.82) is 0 Å². The SMILES string of the molecule is O=C(NC1CCN(C(=O)C2CCCCC2)CC1)c1cc(Cl)ccc1F. The predicted molar refractivity (Wildman–Crippen MR) is 95.1 cm³/mol. The Labute approximate surface area is 152 Å². The van der Waals surface area contributed by atoms with E-state index in [1.807, 2.05) is 4.90 Å². The van der Waals surface area contributed by atoms with Crippen LogP contribution in [0, 0.1) is 11.7 Å². The lowest BCUT2D eigenvalue weighted by molar-refractivity contribution is -0.137. The highest BCUT2D eigenvalue weighted by atomic mass is 35.5. The first-order valence-electron chi connectivity index (χ1n) is 9.09. The number of halogens is 2. The summed E-state index contributed by atoms with van der Waals surface area (Å²) in [4.78, 5) is 26.7. The average molecular weight is 367 g/mol. The summed E-state index contributed by atoms with van der Waals surface area (Å²) < 4.78 is 13.8. The fraction of sp³-hybridized carbons (Fsp3) is 0.579. The lowest BCUT2D eigenvalue weighted by Gasteiger charge is -2.35. The molecule has 0 aromatic heterocycles. The molecule has 0 unspecified atom stereocenters. The summed E-state index contributed by atoms with van der Waals surface area (Å²) >= 11 is 5.84. The number of piperidine rings is 1. The Bertz CT molecular complexity index is 638. The minimum Gasteiger partial charge on any atom is -0.349 e. The Morgan fingerprint density at radius 1 is 1.08 bits per heavy atom. The van der Waals surface area contributed by atoms with Gasteiger partial charge >= 0.3 is 0 Å². The number of hydrogen-bond acceptors (Lipinski definition) is 2. The molecule has 1 aliphatic heterocycles. The molecule has 25 heavy (non-hydrogen) atoms. The van der Waals surface area contributed by atoms with Crippen molar-refractivity contribution in [2.45, 2.75) is 51.0 Å². The summed E-state index contributed by atoms with van der Waals surface area (Å²) in [5.41, 5.74) is -0.0341. The number of rotatable bonds is 3. The molecule has 2 fully saturated rings. The minimum atomic E-state index is -0.577. The molecule has 1 heterocycles. The second kappa shape index (κ2) is 8.17. The summed E-state index contributed by atoms with van der Waals surface area (Å²) in [6.07, 6.45) is 6.94. The maximum absolute atomic E-state index is 13.8. The van der Waals surface area contributed by atoms with Crippen molar-refractivity contribution in [3.8, 4) is 0 Å². The van der Waals surface area contributed by atoms with Gasteiger partial charge in [0, 0.05) is 30.1 Å². The highest BCUT2D eigenvalue weighted by Crippen LogP contribution is 2.26. The first-order chi connectivity index (χ1) is 12.0. The first-order valence-corrected chi connectivity index (χ1v) is 9.47. The summed E-state index contributed by atoms with van der Waals surface area (Å²) in [6.45, 7) is 1.30. The van der Waals surface area contributed by atoms with E-state index in [2.05, 4.69) is 5.32 Å². The van der Waals surface area contributed by atoms with E-state index in [0.717, 1.165) is 25.7 Å². The minimum absolute atomic E-state index is 0.0341. The summed E-state index contributed by atoms with van der Waals surface area (Å²) in [6, 6.07) is 3.92. The molecule has 2 aliphatic rings. The van der Waals surface area contributed by atoms with Crippen LogP contribution in [0.4, 0.5) is 4.39 Å². The fourth-order valence-electron chi connectivity index (χ4n) is 3.79. The van der Waals surface area contributed by atoms with E-state index in [1.54, 1.807) is 0 Å². The summed E-state index contributed by atoms with van der Waals surface area (Å²) in [7, 11) is 0. The molecule has 0 atom stereocenters. The summed E-state index contributed by atoms with van der Waals surface area (Å²) in [5.74, 6) is -0.574. The molecule has 4 nitrogen and oxygen atoms in total. The van der Waals surface area contributed by atoms with Crippen LogP contribution >= 0.6 is 11.6 Å². The monoisotopic (exact) mass is 366 g/mol. The van der Waals surface area contributed by atoms with Crippen molar-refractivity contribution < 1.29 is 14.0 Å². The zero-order valence-corrected chi connectivity index (χ0v) is 15.0. The normalized spacial score (nSPS) is 19.7. The van der Waals surface area contributed by atoms with E-state index in [4.69, 9.17) is 11.6 Å². The van der Waals surface area contributed by atoms with E-state index < -0.39 is 11.7 Å². The zero-order valence-electron chi connectivity index (χ0n) is 14.3. The van der Waals surface area contributed by atoms with Gasteiger partial charge in [0.25, 0.3) is 5.91 Å². The Hall–Kier alpha value is -1.62. The van der Waals surface area contributed by atoms with Gasteiger partial charge in [-0.3, -0.25) is 9.59 Å². The molecule has 2 amide bonds. The second-order valence-corrected chi connectivity index (χ2v) is 7.47. The van der Waals surface area contributed by atoms with Gasteiger partial charge in [0.05, 0.1) is 5.56 Å². The molecule has 1 N–H and O–H groups in total. The maximum atomic E-state index is 13.8. The zero-order chi connectivity index (χ0) is 17.8. The van der Waals surface area contributed by atoms with Crippen molar-refractivity contribution in [1.82, 2.24) is 10.2 Å².